The summed E-state index contributed by atoms with van der Waals surface area (Å²) >= 11 is 0. The Kier molecular flexibility index (Phi) is 4.23. The number of β-amino-alcohol motifs (C(OH)–C–C–N with tert-alkyl or cyclic N) is 1. The molecule has 0 spiro atoms. The quantitative estimate of drug-likeness (QED) is 0.685. The minimum atomic E-state index is -0.503. The van der Waals surface area contributed by atoms with Gasteiger partial charge in [-0.1, -0.05) is 0 Å². The number of rotatable bonds is 3. The molecule has 0 unspecified atom stereocenters. The lowest BCUT2D eigenvalue weighted by molar-refractivity contribution is 0.0882. The highest BCUT2D eigenvalue weighted by Gasteiger charge is 2.36. The fourth-order valence-corrected chi connectivity index (χ4v) is 3.24. The van der Waals surface area contributed by atoms with Crippen molar-refractivity contribution in [2.24, 2.45) is 0 Å². The SMILES string of the molecule is CN1CCC(N2C[C@@H](O)[C@H](NC(=O)c3cnc[nH]3)C2)CC1. The Hall–Kier alpha value is -1.44. The van der Waals surface area contributed by atoms with Crippen molar-refractivity contribution in [2.75, 3.05) is 33.2 Å². The molecule has 0 aromatic carbocycles. The van der Waals surface area contributed by atoms with Gasteiger partial charge in [-0.3, -0.25) is 9.69 Å². The van der Waals surface area contributed by atoms with Crippen LogP contribution in [0.3, 0.4) is 0 Å². The van der Waals surface area contributed by atoms with E-state index in [-0.39, 0.29) is 11.9 Å². The van der Waals surface area contributed by atoms with Gasteiger partial charge in [0.05, 0.1) is 24.7 Å². The molecule has 3 rings (SSSR count). The minimum absolute atomic E-state index is 0.207. The van der Waals surface area contributed by atoms with Gasteiger partial charge in [-0.25, -0.2) is 4.98 Å². The molecule has 0 aliphatic carbocycles. The second-order valence-corrected chi connectivity index (χ2v) is 6.10. The van der Waals surface area contributed by atoms with Gasteiger partial charge in [0.1, 0.15) is 5.69 Å². The van der Waals surface area contributed by atoms with Crippen molar-refractivity contribution in [3.05, 3.63) is 18.2 Å². The Morgan fingerprint density at radius 2 is 2.19 bits per heavy atom. The van der Waals surface area contributed by atoms with Gasteiger partial charge in [0.25, 0.3) is 5.91 Å². The van der Waals surface area contributed by atoms with Crippen LogP contribution in [-0.4, -0.2) is 82.2 Å². The molecule has 2 atom stereocenters. The van der Waals surface area contributed by atoms with Crippen molar-refractivity contribution in [3.63, 3.8) is 0 Å². The standard InChI is InChI=1S/C14H23N5O2/c1-18-4-2-10(3-5-18)19-7-12(13(20)8-19)17-14(21)11-6-15-9-16-11/h6,9-10,12-13,20H,2-5,7-8H2,1H3,(H,15,16)(H,17,21)/t12-,13-/m1/s1. The molecule has 1 aromatic heterocycles. The molecule has 7 nitrogen and oxygen atoms in total. The second-order valence-electron chi connectivity index (χ2n) is 6.10. The summed E-state index contributed by atoms with van der Waals surface area (Å²) in [5, 5.41) is 13.1. The van der Waals surface area contributed by atoms with Crippen LogP contribution in [0.15, 0.2) is 12.5 Å². The van der Waals surface area contributed by atoms with Crippen LogP contribution in [0.1, 0.15) is 23.3 Å². The maximum absolute atomic E-state index is 12.0. The Labute approximate surface area is 124 Å². The van der Waals surface area contributed by atoms with E-state index >= 15 is 0 Å². The molecule has 2 aliphatic heterocycles. The summed E-state index contributed by atoms with van der Waals surface area (Å²) < 4.78 is 0. The number of carbonyl (C=O) groups is 1. The lowest BCUT2D eigenvalue weighted by Gasteiger charge is -2.34. The molecule has 1 aromatic rings. The Bertz CT molecular complexity index is 470. The summed E-state index contributed by atoms with van der Waals surface area (Å²) in [6.07, 6.45) is 4.72. The number of aliphatic hydroxyl groups is 1. The molecular formula is C14H23N5O2. The van der Waals surface area contributed by atoms with E-state index in [1.54, 1.807) is 0 Å². The number of aliphatic hydroxyl groups excluding tert-OH is 1. The number of H-pyrrole nitrogens is 1. The van der Waals surface area contributed by atoms with E-state index in [0.717, 1.165) is 32.5 Å². The molecule has 116 valence electrons. The first-order chi connectivity index (χ1) is 10.1. The van der Waals surface area contributed by atoms with Gasteiger partial charge >= 0.3 is 0 Å². The number of imidazole rings is 1. The molecule has 7 heteroatoms. The molecular weight excluding hydrogens is 270 g/mol. The van der Waals surface area contributed by atoms with E-state index in [1.807, 2.05) is 0 Å². The van der Waals surface area contributed by atoms with Crippen molar-refractivity contribution >= 4 is 5.91 Å². The highest BCUT2D eigenvalue weighted by Crippen LogP contribution is 2.21. The van der Waals surface area contributed by atoms with Gasteiger partial charge in [-0.2, -0.15) is 0 Å². The normalized spacial score (nSPS) is 28.9. The number of aromatic amines is 1. The van der Waals surface area contributed by atoms with E-state index in [1.165, 1.54) is 12.5 Å². The number of nitrogens with one attached hydrogen (secondary N) is 2. The minimum Gasteiger partial charge on any atom is -0.390 e. The zero-order valence-electron chi connectivity index (χ0n) is 12.3. The number of carbonyl (C=O) groups excluding carboxylic acids is 1. The molecule has 1 amide bonds. The summed E-state index contributed by atoms with van der Waals surface area (Å²) in [7, 11) is 2.14. The first kappa shape index (κ1) is 14.5. The first-order valence-corrected chi connectivity index (χ1v) is 7.53. The molecule has 2 aliphatic rings. The monoisotopic (exact) mass is 293 g/mol. The van der Waals surface area contributed by atoms with Crippen molar-refractivity contribution in [1.82, 2.24) is 25.1 Å². The lowest BCUT2D eigenvalue weighted by atomic mass is 10.0. The number of hydrogen-bond acceptors (Lipinski definition) is 5. The van der Waals surface area contributed by atoms with Crippen LogP contribution in [0.2, 0.25) is 0 Å². The van der Waals surface area contributed by atoms with E-state index in [4.69, 9.17) is 0 Å². The number of piperidine rings is 1. The van der Waals surface area contributed by atoms with Crippen LogP contribution in [-0.2, 0) is 0 Å². The fourth-order valence-electron chi connectivity index (χ4n) is 3.24. The number of nitrogens with zero attached hydrogens (tertiary/aromatic N) is 3. The van der Waals surface area contributed by atoms with Gasteiger partial charge < -0.3 is 20.3 Å². The number of hydrogen-bond donors (Lipinski definition) is 3. The third-order valence-electron chi connectivity index (χ3n) is 4.58. The number of aromatic nitrogens is 2. The van der Waals surface area contributed by atoms with Crippen LogP contribution in [0.25, 0.3) is 0 Å². The maximum Gasteiger partial charge on any atom is 0.269 e. The first-order valence-electron chi connectivity index (χ1n) is 7.53. The average molecular weight is 293 g/mol. The summed E-state index contributed by atoms with van der Waals surface area (Å²) in [5.41, 5.74) is 0.431. The Morgan fingerprint density at radius 1 is 1.43 bits per heavy atom. The molecule has 2 saturated heterocycles. The zero-order valence-corrected chi connectivity index (χ0v) is 12.3. The van der Waals surface area contributed by atoms with Gasteiger partial charge in [-0.15, -0.1) is 0 Å². The van der Waals surface area contributed by atoms with Gasteiger partial charge in [0, 0.05) is 19.1 Å². The summed E-state index contributed by atoms with van der Waals surface area (Å²) in [4.78, 5) is 23.3. The van der Waals surface area contributed by atoms with Gasteiger partial charge in [0.2, 0.25) is 0 Å². The molecule has 0 bridgehead atoms. The lowest BCUT2D eigenvalue weighted by Crippen LogP contribution is -2.45. The van der Waals surface area contributed by atoms with Crippen LogP contribution in [0.4, 0.5) is 0 Å². The second kappa shape index (κ2) is 6.13. The smallest absolute Gasteiger partial charge is 0.269 e. The average Bonchev–Trinajstić information content (AvgIpc) is 3.10. The van der Waals surface area contributed by atoms with E-state index in [0.29, 0.717) is 18.3 Å². The van der Waals surface area contributed by atoms with Crippen LogP contribution >= 0.6 is 0 Å². The largest absolute Gasteiger partial charge is 0.390 e. The van der Waals surface area contributed by atoms with Gasteiger partial charge in [-0.05, 0) is 33.0 Å². The van der Waals surface area contributed by atoms with E-state index in [9.17, 15) is 9.90 Å². The molecule has 3 N–H and O–H groups in total. The summed E-state index contributed by atoms with van der Waals surface area (Å²) in [5.74, 6) is -0.207. The molecule has 0 saturated carbocycles. The highest BCUT2D eigenvalue weighted by molar-refractivity contribution is 5.92. The molecule has 21 heavy (non-hydrogen) atoms. The molecule has 3 heterocycles. The zero-order chi connectivity index (χ0) is 14.8. The topological polar surface area (TPSA) is 84.5 Å². The predicted molar refractivity (Wildman–Crippen MR) is 77.9 cm³/mol. The Morgan fingerprint density at radius 3 is 2.86 bits per heavy atom. The molecule has 0 radical (unpaired) electrons. The van der Waals surface area contributed by atoms with Crippen molar-refractivity contribution in [3.8, 4) is 0 Å². The highest BCUT2D eigenvalue weighted by atomic mass is 16.3. The number of amides is 1. The van der Waals surface area contributed by atoms with Crippen molar-refractivity contribution < 1.29 is 9.90 Å². The van der Waals surface area contributed by atoms with Crippen LogP contribution in [0, 0.1) is 0 Å². The molecule has 2 fully saturated rings. The van der Waals surface area contributed by atoms with Crippen molar-refractivity contribution in [2.45, 2.75) is 31.0 Å². The third kappa shape index (κ3) is 3.25. The number of likely N-dealkylation sites (tertiary alicyclic amines) is 2. The van der Waals surface area contributed by atoms with E-state index < -0.39 is 6.10 Å². The fraction of sp³-hybridized carbons (Fsp3) is 0.714. The predicted octanol–water partition coefficient (Wildman–Crippen LogP) is -0.721. The van der Waals surface area contributed by atoms with Crippen molar-refractivity contribution in [1.29, 1.82) is 0 Å². The van der Waals surface area contributed by atoms with Crippen LogP contribution < -0.4 is 5.32 Å². The van der Waals surface area contributed by atoms with E-state index in [2.05, 4.69) is 32.1 Å². The Balaban J connectivity index is 1.55. The van der Waals surface area contributed by atoms with Gasteiger partial charge in [0.15, 0.2) is 0 Å². The third-order valence-corrected chi connectivity index (χ3v) is 4.58. The van der Waals surface area contributed by atoms with Crippen LogP contribution in [0.5, 0.6) is 0 Å². The summed E-state index contributed by atoms with van der Waals surface area (Å²) in [6.45, 7) is 3.56. The maximum atomic E-state index is 12.0. The summed E-state index contributed by atoms with van der Waals surface area (Å²) in [6, 6.07) is 0.311.